The summed E-state index contributed by atoms with van der Waals surface area (Å²) in [6.07, 6.45) is -1.07. The van der Waals surface area contributed by atoms with Crippen LogP contribution in [0.15, 0.2) is 48.5 Å². The van der Waals surface area contributed by atoms with Gasteiger partial charge in [-0.05, 0) is 79.5 Å². The number of carbonyl (C=O) groups is 1. The largest absolute Gasteiger partial charge is 0.481 e. The predicted molar refractivity (Wildman–Crippen MR) is 124 cm³/mol. The van der Waals surface area contributed by atoms with Crippen molar-refractivity contribution in [3.8, 4) is 0 Å². The number of likely N-dealkylation sites (tertiary alicyclic amines) is 1. The standard InChI is InChI=1S/C26H31ClF3NO2/c1-17(2)3-12-23(19-6-10-22(27)11-7-19)31-14-13-18(16-25(32)33)15-24(31)20-4-8-21(9-5-20)26(28,29)30/h4-11,17-18,23-24H,3,12-16H2,1-2H3,(H,32,33)/t18-,23?,24+/m1/s1. The summed E-state index contributed by atoms with van der Waals surface area (Å²) in [4.78, 5) is 13.7. The van der Waals surface area contributed by atoms with Gasteiger partial charge >= 0.3 is 12.1 Å². The first-order valence-electron chi connectivity index (χ1n) is 11.4. The molecule has 1 unspecified atom stereocenters. The molecule has 3 nitrogen and oxygen atoms in total. The zero-order valence-corrected chi connectivity index (χ0v) is 19.7. The van der Waals surface area contributed by atoms with Gasteiger partial charge in [0.1, 0.15) is 0 Å². The van der Waals surface area contributed by atoms with E-state index >= 15 is 0 Å². The van der Waals surface area contributed by atoms with E-state index in [9.17, 15) is 23.1 Å². The molecule has 0 aliphatic carbocycles. The Balaban J connectivity index is 1.96. The third-order valence-electron chi connectivity index (χ3n) is 6.51. The summed E-state index contributed by atoms with van der Waals surface area (Å²) in [6, 6.07) is 13.0. The van der Waals surface area contributed by atoms with Crippen LogP contribution in [0.25, 0.3) is 0 Å². The van der Waals surface area contributed by atoms with Crippen LogP contribution in [0.1, 0.15) is 74.7 Å². The molecule has 1 aliphatic rings. The molecule has 1 saturated heterocycles. The van der Waals surface area contributed by atoms with Crippen LogP contribution in [0.3, 0.4) is 0 Å². The average molecular weight is 482 g/mol. The second-order valence-corrected chi connectivity index (χ2v) is 9.84. The summed E-state index contributed by atoms with van der Waals surface area (Å²) in [5, 5.41) is 9.98. The van der Waals surface area contributed by atoms with E-state index in [4.69, 9.17) is 11.6 Å². The molecule has 0 radical (unpaired) electrons. The van der Waals surface area contributed by atoms with E-state index in [2.05, 4.69) is 18.7 Å². The topological polar surface area (TPSA) is 40.5 Å². The van der Waals surface area contributed by atoms with Gasteiger partial charge in [-0.1, -0.05) is 49.7 Å². The Labute approximate surface area is 198 Å². The fourth-order valence-electron chi connectivity index (χ4n) is 4.78. The third-order valence-corrected chi connectivity index (χ3v) is 6.76. The fourth-order valence-corrected chi connectivity index (χ4v) is 4.91. The number of benzene rings is 2. The van der Waals surface area contributed by atoms with Crippen LogP contribution in [0.5, 0.6) is 0 Å². The van der Waals surface area contributed by atoms with E-state index in [0.717, 1.165) is 42.5 Å². The lowest BCUT2D eigenvalue weighted by molar-refractivity contribution is -0.139. The lowest BCUT2D eigenvalue weighted by atomic mass is 9.82. The summed E-state index contributed by atoms with van der Waals surface area (Å²) in [5.74, 6) is -0.343. The van der Waals surface area contributed by atoms with Crippen molar-refractivity contribution in [1.29, 1.82) is 0 Å². The molecule has 1 heterocycles. The van der Waals surface area contributed by atoms with E-state index < -0.39 is 17.7 Å². The van der Waals surface area contributed by atoms with Gasteiger partial charge in [0.2, 0.25) is 0 Å². The van der Waals surface area contributed by atoms with Crippen LogP contribution < -0.4 is 0 Å². The number of alkyl halides is 3. The molecule has 1 fully saturated rings. The molecule has 0 aromatic heterocycles. The Bertz CT molecular complexity index is 913. The molecule has 1 N–H and O–H groups in total. The van der Waals surface area contributed by atoms with Gasteiger partial charge in [0.15, 0.2) is 0 Å². The lowest BCUT2D eigenvalue weighted by Gasteiger charge is -2.44. The highest BCUT2D eigenvalue weighted by atomic mass is 35.5. The number of aliphatic carboxylic acids is 1. The van der Waals surface area contributed by atoms with Crippen molar-refractivity contribution in [1.82, 2.24) is 4.90 Å². The molecule has 7 heteroatoms. The summed E-state index contributed by atoms with van der Waals surface area (Å²) in [6.45, 7) is 5.03. The van der Waals surface area contributed by atoms with Crippen molar-refractivity contribution < 1.29 is 23.1 Å². The van der Waals surface area contributed by atoms with Crippen molar-refractivity contribution in [2.24, 2.45) is 11.8 Å². The highest BCUT2D eigenvalue weighted by Crippen LogP contribution is 2.43. The number of hydrogen-bond acceptors (Lipinski definition) is 2. The van der Waals surface area contributed by atoms with Gasteiger partial charge in [0, 0.05) is 23.5 Å². The van der Waals surface area contributed by atoms with Crippen molar-refractivity contribution in [3.05, 3.63) is 70.2 Å². The number of piperidine rings is 1. The third kappa shape index (κ3) is 6.97. The molecule has 1 aliphatic heterocycles. The highest BCUT2D eigenvalue weighted by Gasteiger charge is 2.36. The van der Waals surface area contributed by atoms with Gasteiger partial charge in [-0.15, -0.1) is 0 Å². The molecule has 0 bridgehead atoms. The minimum Gasteiger partial charge on any atom is -0.481 e. The molecule has 180 valence electrons. The Kier molecular flexibility index (Phi) is 8.46. The van der Waals surface area contributed by atoms with Gasteiger partial charge in [-0.3, -0.25) is 9.69 Å². The molecule has 3 rings (SSSR count). The van der Waals surface area contributed by atoms with Crippen molar-refractivity contribution >= 4 is 17.6 Å². The normalized spacial score (nSPS) is 20.7. The van der Waals surface area contributed by atoms with Crippen molar-refractivity contribution in [3.63, 3.8) is 0 Å². The summed E-state index contributed by atoms with van der Waals surface area (Å²) in [5.41, 5.74) is 1.24. The fraction of sp³-hybridized carbons (Fsp3) is 0.500. The highest BCUT2D eigenvalue weighted by molar-refractivity contribution is 6.30. The molecule has 3 atom stereocenters. The van der Waals surface area contributed by atoms with Crippen LogP contribution in [0.2, 0.25) is 5.02 Å². The SMILES string of the molecule is CC(C)CCC(c1ccc(Cl)cc1)N1CC[C@@H](CC(=O)O)C[C@H]1c1ccc(C(F)(F)F)cc1. The summed E-state index contributed by atoms with van der Waals surface area (Å²) in [7, 11) is 0. The number of carboxylic acid groups (broad SMARTS) is 1. The maximum absolute atomic E-state index is 13.1. The van der Waals surface area contributed by atoms with Crippen LogP contribution in [-0.2, 0) is 11.0 Å². The lowest BCUT2D eigenvalue weighted by Crippen LogP contribution is -2.40. The zero-order chi connectivity index (χ0) is 24.2. The van der Waals surface area contributed by atoms with E-state index in [1.807, 2.05) is 24.3 Å². The number of hydrogen-bond donors (Lipinski definition) is 1. The van der Waals surface area contributed by atoms with Crippen LogP contribution >= 0.6 is 11.6 Å². The second kappa shape index (κ2) is 10.9. The van der Waals surface area contributed by atoms with Crippen LogP contribution in [-0.4, -0.2) is 22.5 Å². The van der Waals surface area contributed by atoms with E-state index in [1.165, 1.54) is 0 Å². The first-order valence-corrected chi connectivity index (χ1v) is 11.8. The predicted octanol–water partition coefficient (Wildman–Crippen LogP) is 7.76. The Hall–Kier alpha value is -2.05. The van der Waals surface area contributed by atoms with E-state index in [-0.39, 0.29) is 24.4 Å². The van der Waals surface area contributed by atoms with Gasteiger partial charge in [-0.2, -0.15) is 13.2 Å². The molecule has 33 heavy (non-hydrogen) atoms. The first-order chi connectivity index (χ1) is 15.5. The zero-order valence-electron chi connectivity index (χ0n) is 19.0. The summed E-state index contributed by atoms with van der Waals surface area (Å²) < 4.78 is 39.3. The van der Waals surface area contributed by atoms with Crippen LogP contribution in [0, 0.1) is 11.8 Å². The maximum atomic E-state index is 13.1. The van der Waals surface area contributed by atoms with Gasteiger partial charge in [-0.25, -0.2) is 0 Å². The first kappa shape index (κ1) is 25.6. The molecular weight excluding hydrogens is 451 g/mol. The average Bonchev–Trinajstić information content (AvgIpc) is 2.74. The van der Waals surface area contributed by atoms with Gasteiger partial charge in [0.25, 0.3) is 0 Å². The molecule has 0 spiro atoms. The van der Waals surface area contributed by atoms with E-state index in [1.54, 1.807) is 12.1 Å². The quantitative estimate of drug-likeness (QED) is 0.418. The number of rotatable bonds is 8. The number of halogens is 4. The molecular formula is C26H31ClF3NO2. The second-order valence-electron chi connectivity index (χ2n) is 9.40. The van der Waals surface area contributed by atoms with Crippen LogP contribution in [0.4, 0.5) is 13.2 Å². The molecule has 2 aromatic rings. The van der Waals surface area contributed by atoms with Gasteiger partial charge < -0.3 is 5.11 Å². The Morgan fingerprint density at radius 1 is 1.09 bits per heavy atom. The van der Waals surface area contributed by atoms with Crippen molar-refractivity contribution in [2.45, 2.75) is 64.2 Å². The monoisotopic (exact) mass is 481 g/mol. The molecule has 0 amide bonds. The molecule has 0 saturated carbocycles. The van der Waals surface area contributed by atoms with Gasteiger partial charge in [0.05, 0.1) is 5.56 Å². The van der Waals surface area contributed by atoms with Crippen molar-refractivity contribution in [2.75, 3.05) is 6.54 Å². The van der Waals surface area contributed by atoms with E-state index in [0.29, 0.717) is 23.9 Å². The number of carboxylic acids is 1. The Morgan fingerprint density at radius 3 is 2.27 bits per heavy atom. The smallest absolute Gasteiger partial charge is 0.416 e. The molecule has 2 aromatic carbocycles. The Morgan fingerprint density at radius 2 is 1.73 bits per heavy atom. The number of nitrogens with zero attached hydrogens (tertiary/aromatic N) is 1. The minimum atomic E-state index is -4.39. The minimum absolute atomic E-state index is 0.0120. The maximum Gasteiger partial charge on any atom is 0.416 e. The summed E-state index contributed by atoms with van der Waals surface area (Å²) >= 11 is 6.11.